The number of β-amino-alcohol motifs (C(OH)–C–C–N with tert-alkyl or cyclic N) is 1. The fraction of sp³-hybridized carbons (Fsp3) is 0.483. The van der Waals surface area contributed by atoms with Gasteiger partial charge in [0.2, 0.25) is 0 Å². The first-order chi connectivity index (χ1) is 19.0. The summed E-state index contributed by atoms with van der Waals surface area (Å²) >= 11 is 3.72. The molecule has 1 atom stereocenters. The van der Waals surface area contributed by atoms with Crippen molar-refractivity contribution in [1.82, 2.24) is 20.2 Å². The number of aliphatic hydroxyl groups is 1. The van der Waals surface area contributed by atoms with E-state index in [1.54, 1.807) is 18.3 Å². The lowest BCUT2D eigenvalue weighted by Gasteiger charge is -2.31. The van der Waals surface area contributed by atoms with Crippen LogP contribution in [0.25, 0.3) is 0 Å². The summed E-state index contributed by atoms with van der Waals surface area (Å²) in [7, 11) is 0. The molecule has 0 spiro atoms. The number of nitrogens with one attached hydrogen (secondary N) is 2. The van der Waals surface area contributed by atoms with Crippen LogP contribution in [-0.4, -0.2) is 57.7 Å². The summed E-state index contributed by atoms with van der Waals surface area (Å²) in [5.41, 5.74) is 3.79. The van der Waals surface area contributed by atoms with E-state index in [2.05, 4.69) is 47.5 Å². The first-order valence-corrected chi connectivity index (χ1v) is 14.5. The lowest BCUT2D eigenvalue weighted by molar-refractivity contribution is 0.0841. The molecule has 1 amide bonds. The second kappa shape index (κ2) is 12.9. The zero-order chi connectivity index (χ0) is 27.2. The van der Waals surface area contributed by atoms with E-state index < -0.39 is 6.10 Å². The van der Waals surface area contributed by atoms with Crippen molar-refractivity contribution in [1.29, 1.82) is 0 Å². The molecule has 3 aromatic rings. The van der Waals surface area contributed by atoms with Crippen molar-refractivity contribution < 1.29 is 19.1 Å². The van der Waals surface area contributed by atoms with Gasteiger partial charge in [0, 0.05) is 44.0 Å². The van der Waals surface area contributed by atoms with Gasteiger partial charge in [-0.3, -0.25) is 9.69 Å². The number of pyridine rings is 1. The number of aliphatic hydroxyl groups excluding tert-OH is 1. The van der Waals surface area contributed by atoms with E-state index in [0.717, 1.165) is 54.1 Å². The molecule has 1 aliphatic heterocycles. The molecule has 208 valence electrons. The van der Waals surface area contributed by atoms with Crippen molar-refractivity contribution in [3.05, 3.63) is 69.5 Å². The smallest absolute Gasteiger partial charge is 0.251 e. The topological polar surface area (TPSA) is 113 Å². The molecule has 1 aromatic carbocycles. The van der Waals surface area contributed by atoms with E-state index in [4.69, 9.17) is 9.15 Å². The van der Waals surface area contributed by atoms with Crippen LogP contribution in [-0.2, 0) is 19.6 Å². The Labute approximate surface area is 237 Å². The van der Waals surface area contributed by atoms with Gasteiger partial charge in [-0.2, -0.15) is 0 Å². The minimum Gasteiger partial charge on any atom is -0.484 e. The summed E-state index contributed by atoms with van der Waals surface area (Å²) in [5, 5.41) is 17.0. The molecular formula is C29H36BrN5O4. The van der Waals surface area contributed by atoms with Crippen LogP contribution >= 0.6 is 15.9 Å². The van der Waals surface area contributed by atoms with Gasteiger partial charge < -0.3 is 24.9 Å². The number of carbonyl (C=O) groups excluding carboxylic acids is 1. The predicted molar refractivity (Wildman–Crippen MR) is 152 cm³/mol. The summed E-state index contributed by atoms with van der Waals surface area (Å²) in [6.45, 7) is 4.41. The molecule has 0 radical (unpaired) electrons. The number of carbonyl (C=O) groups is 1. The van der Waals surface area contributed by atoms with E-state index >= 15 is 0 Å². The molecule has 0 bridgehead atoms. The zero-order valence-corrected chi connectivity index (χ0v) is 23.9. The third-order valence-electron chi connectivity index (χ3n) is 7.53. The summed E-state index contributed by atoms with van der Waals surface area (Å²) in [6, 6.07) is 7.95. The lowest BCUT2D eigenvalue weighted by Crippen LogP contribution is -2.42. The van der Waals surface area contributed by atoms with Gasteiger partial charge in [0.15, 0.2) is 12.2 Å². The molecular weight excluding hydrogens is 562 g/mol. The van der Waals surface area contributed by atoms with Gasteiger partial charge in [0.25, 0.3) is 5.91 Å². The molecule has 39 heavy (non-hydrogen) atoms. The Morgan fingerprint density at radius 2 is 2.10 bits per heavy atom. The molecule has 1 saturated carbocycles. The van der Waals surface area contributed by atoms with Crippen LogP contribution in [0.2, 0.25) is 0 Å². The number of anilines is 1. The van der Waals surface area contributed by atoms with Crippen LogP contribution in [0.5, 0.6) is 5.75 Å². The number of hydrogen-bond donors (Lipinski definition) is 3. The van der Waals surface area contributed by atoms with Crippen molar-refractivity contribution in [2.24, 2.45) is 0 Å². The molecule has 10 heteroatoms. The Bertz CT molecular complexity index is 1280. The monoisotopic (exact) mass is 597 g/mol. The van der Waals surface area contributed by atoms with Crippen molar-refractivity contribution >= 4 is 27.7 Å². The molecule has 3 heterocycles. The van der Waals surface area contributed by atoms with Crippen molar-refractivity contribution in [2.75, 3.05) is 25.0 Å². The number of halogens is 1. The predicted octanol–water partition coefficient (Wildman–Crippen LogP) is 4.61. The molecule has 1 aliphatic carbocycles. The SMILES string of the molecule is Cc1ncoc1COc1ccc2c(c1Br)CCN(CC(O)CNC(=O)c1ccnc(NC3CCCCC3)c1)C2. The number of fused-ring (bicyclic) bond motifs is 1. The van der Waals surface area contributed by atoms with Crippen LogP contribution < -0.4 is 15.4 Å². The number of ether oxygens (including phenoxy) is 1. The fourth-order valence-corrected chi connectivity index (χ4v) is 6.00. The molecule has 1 unspecified atom stereocenters. The van der Waals surface area contributed by atoms with E-state index in [1.165, 1.54) is 36.8 Å². The number of oxazole rings is 1. The summed E-state index contributed by atoms with van der Waals surface area (Å²) in [4.78, 5) is 23.4. The fourth-order valence-electron chi connectivity index (χ4n) is 5.31. The molecule has 2 aliphatic rings. The highest BCUT2D eigenvalue weighted by atomic mass is 79.9. The minimum atomic E-state index is -0.673. The molecule has 2 aromatic heterocycles. The molecule has 9 nitrogen and oxygen atoms in total. The van der Waals surface area contributed by atoms with Crippen molar-refractivity contribution in [2.45, 2.75) is 70.7 Å². The third-order valence-corrected chi connectivity index (χ3v) is 8.40. The van der Waals surface area contributed by atoms with E-state index in [0.29, 0.717) is 30.5 Å². The number of amides is 1. The van der Waals surface area contributed by atoms with Crippen LogP contribution in [0.3, 0.4) is 0 Å². The van der Waals surface area contributed by atoms with E-state index in [9.17, 15) is 9.90 Å². The summed E-state index contributed by atoms with van der Waals surface area (Å²) in [5.74, 6) is 2.01. The highest BCUT2D eigenvalue weighted by molar-refractivity contribution is 9.10. The van der Waals surface area contributed by atoms with Gasteiger partial charge in [0.05, 0.1) is 16.3 Å². The molecule has 3 N–H and O–H groups in total. The summed E-state index contributed by atoms with van der Waals surface area (Å²) < 4.78 is 12.3. The van der Waals surface area contributed by atoms with Gasteiger partial charge >= 0.3 is 0 Å². The van der Waals surface area contributed by atoms with Crippen LogP contribution in [0.15, 0.2) is 45.7 Å². The van der Waals surface area contributed by atoms with Gasteiger partial charge in [-0.25, -0.2) is 9.97 Å². The number of aromatic nitrogens is 2. The second-order valence-corrected chi connectivity index (χ2v) is 11.2. The maximum absolute atomic E-state index is 12.7. The highest BCUT2D eigenvalue weighted by Gasteiger charge is 2.23. The van der Waals surface area contributed by atoms with Gasteiger partial charge in [-0.15, -0.1) is 0 Å². The zero-order valence-electron chi connectivity index (χ0n) is 22.3. The van der Waals surface area contributed by atoms with Crippen molar-refractivity contribution in [3.63, 3.8) is 0 Å². The average Bonchev–Trinajstić information content (AvgIpc) is 3.36. The Hall–Kier alpha value is -2.95. The quantitative estimate of drug-likeness (QED) is 0.310. The number of nitrogens with zero attached hydrogens (tertiary/aromatic N) is 3. The van der Waals surface area contributed by atoms with Crippen LogP contribution in [0.4, 0.5) is 5.82 Å². The minimum absolute atomic E-state index is 0.188. The first kappa shape index (κ1) is 27.6. The maximum Gasteiger partial charge on any atom is 0.251 e. The molecule has 0 saturated heterocycles. The standard InChI is InChI=1S/C29H36BrN5O4/c1-19-26(39-18-33-19)17-38-25-8-7-21-15-35(12-10-24(21)28(25)30)16-23(36)14-32-29(37)20-9-11-31-27(13-20)34-22-5-3-2-4-6-22/h7-9,11,13,18,22-23,36H,2-6,10,12,14-17H2,1H3,(H,31,34)(H,32,37). The number of aryl methyl sites for hydroxylation is 1. The molecule has 5 rings (SSSR count). The molecule has 1 fully saturated rings. The van der Waals surface area contributed by atoms with Gasteiger partial charge in [-0.05, 0) is 71.4 Å². The van der Waals surface area contributed by atoms with Crippen LogP contribution in [0.1, 0.15) is 65.0 Å². The normalized spacial score (nSPS) is 16.9. The summed E-state index contributed by atoms with van der Waals surface area (Å²) in [6.07, 6.45) is 9.28. The maximum atomic E-state index is 12.7. The van der Waals surface area contributed by atoms with Crippen molar-refractivity contribution in [3.8, 4) is 5.75 Å². The third kappa shape index (κ3) is 7.17. The first-order valence-electron chi connectivity index (χ1n) is 13.7. The number of hydrogen-bond acceptors (Lipinski definition) is 8. The Morgan fingerprint density at radius 1 is 1.26 bits per heavy atom. The van der Waals surface area contributed by atoms with Gasteiger partial charge in [0.1, 0.15) is 18.2 Å². The number of rotatable bonds is 10. The lowest BCUT2D eigenvalue weighted by atomic mass is 9.95. The number of benzene rings is 1. The van der Waals surface area contributed by atoms with Crippen LogP contribution in [0, 0.1) is 6.92 Å². The van der Waals surface area contributed by atoms with E-state index in [-0.39, 0.29) is 12.5 Å². The Balaban J connectivity index is 1.09. The highest BCUT2D eigenvalue weighted by Crippen LogP contribution is 2.35. The van der Waals surface area contributed by atoms with Gasteiger partial charge in [-0.1, -0.05) is 25.3 Å². The second-order valence-electron chi connectivity index (χ2n) is 10.4. The Kier molecular flexibility index (Phi) is 9.16. The Morgan fingerprint density at radius 3 is 2.90 bits per heavy atom. The largest absolute Gasteiger partial charge is 0.484 e. The van der Waals surface area contributed by atoms with E-state index in [1.807, 2.05) is 13.0 Å². The average molecular weight is 599 g/mol.